The van der Waals surface area contributed by atoms with E-state index in [1.54, 1.807) is 0 Å². The minimum atomic E-state index is -0.0138. The molecule has 1 aromatic rings. The number of rotatable bonds is 5. The van der Waals surface area contributed by atoms with Gasteiger partial charge in [0.15, 0.2) is 0 Å². The Morgan fingerprint density at radius 3 is 2.69 bits per heavy atom. The van der Waals surface area contributed by atoms with Crippen molar-refractivity contribution in [3.05, 3.63) is 29.8 Å². The fraction of sp³-hybridized carbons (Fsp3) is 0.462. The zero-order valence-electron chi connectivity index (χ0n) is 10.1. The molecule has 0 saturated carbocycles. The number of para-hydroxylation sites is 1. The van der Waals surface area contributed by atoms with Gasteiger partial charge >= 0.3 is 0 Å². The van der Waals surface area contributed by atoms with E-state index in [0.29, 0.717) is 13.2 Å². The van der Waals surface area contributed by atoms with E-state index in [1.165, 1.54) is 0 Å². The van der Waals surface area contributed by atoms with Gasteiger partial charge < -0.3 is 10.1 Å². The first-order valence-corrected chi connectivity index (χ1v) is 5.61. The van der Waals surface area contributed by atoms with Gasteiger partial charge in [-0.1, -0.05) is 32.0 Å². The molecule has 0 bridgehead atoms. The summed E-state index contributed by atoms with van der Waals surface area (Å²) < 4.78 is 5.35. The number of nitrogens with one attached hydrogen (secondary N) is 1. The predicted octanol–water partition coefficient (Wildman–Crippen LogP) is 2.82. The van der Waals surface area contributed by atoms with Gasteiger partial charge in [-0.25, -0.2) is 0 Å². The summed E-state index contributed by atoms with van der Waals surface area (Å²) in [5, 5.41) is 2.90. The molecule has 0 atom stereocenters. The highest BCUT2D eigenvalue weighted by molar-refractivity contribution is 5.92. The van der Waals surface area contributed by atoms with Gasteiger partial charge in [-0.2, -0.15) is 0 Å². The zero-order chi connectivity index (χ0) is 12.0. The molecule has 0 aromatic heterocycles. The maximum atomic E-state index is 11.6. The fourth-order valence-corrected chi connectivity index (χ4v) is 1.26. The van der Waals surface area contributed by atoms with Gasteiger partial charge in [0.1, 0.15) is 0 Å². The molecular formula is C13H19NO2. The lowest BCUT2D eigenvalue weighted by Gasteiger charge is -2.12. The van der Waals surface area contributed by atoms with Crippen molar-refractivity contribution in [3.63, 3.8) is 0 Å². The quantitative estimate of drug-likeness (QED) is 0.830. The number of carbonyl (C=O) groups excluding carboxylic acids is 1. The summed E-state index contributed by atoms with van der Waals surface area (Å²) in [5.74, 6) is 0.0177. The lowest BCUT2D eigenvalue weighted by molar-refractivity contribution is -0.118. The van der Waals surface area contributed by atoms with Crippen LogP contribution in [0.25, 0.3) is 0 Å². The zero-order valence-corrected chi connectivity index (χ0v) is 10.1. The van der Waals surface area contributed by atoms with Crippen molar-refractivity contribution >= 4 is 11.6 Å². The molecule has 0 radical (unpaired) electrons. The number of hydrogen-bond donors (Lipinski definition) is 1. The Morgan fingerprint density at radius 1 is 1.38 bits per heavy atom. The Bertz CT molecular complexity index is 348. The van der Waals surface area contributed by atoms with E-state index in [2.05, 4.69) is 5.32 Å². The molecule has 0 fully saturated rings. The number of anilines is 1. The molecule has 0 heterocycles. The molecule has 1 aromatic carbocycles. The largest absolute Gasteiger partial charge is 0.377 e. The van der Waals surface area contributed by atoms with Crippen molar-refractivity contribution in [1.29, 1.82) is 0 Å². The van der Waals surface area contributed by atoms with Crippen molar-refractivity contribution in [2.24, 2.45) is 5.92 Å². The standard InChI is InChI=1S/C13H19NO2/c1-4-16-9-11-7-5-6-8-12(11)14-13(15)10(2)3/h5-8,10H,4,9H2,1-3H3,(H,14,15). The monoisotopic (exact) mass is 221 g/mol. The SMILES string of the molecule is CCOCc1ccccc1NC(=O)C(C)C. The van der Waals surface area contributed by atoms with Crippen LogP contribution in [0.3, 0.4) is 0 Å². The highest BCUT2D eigenvalue weighted by atomic mass is 16.5. The third-order valence-corrected chi connectivity index (χ3v) is 2.26. The highest BCUT2D eigenvalue weighted by Gasteiger charge is 2.09. The smallest absolute Gasteiger partial charge is 0.226 e. The van der Waals surface area contributed by atoms with Crippen LogP contribution in [0.4, 0.5) is 5.69 Å². The Morgan fingerprint density at radius 2 is 2.06 bits per heavy atom. The van der Waals surface area contributed by atoms with E-state index < -0.39 is 0 Å². The first-order chi connectivity index (χ1) is 7.65. The summed E-state index contributed by atoms with van der Waals surface area (Å²) in [6, 6.07) is 7.71. The Labute approximate surface area is 96.8 Å². The molecule has 0 aliphatic carbocycles. The lowest BCUT2D eigenvalue weighted by Crippen LogP contribution is -2.18. The van der Waals surface area contributed by atoms with Crippen LogP contribution >= 0.6 is 0 Å². The fourth-order valence-electron chi connectivity index (χ4n) is 1.26. The van der Waals surface area contributed by atoms with Gasteiger partial charge in [-0.3, -0.25) is 4.79 Å². The molecule has 0 spiro atoms. The van der Waals surface area contributed by atoms with Gasteiger partial charge in [-0.05, 0) is 13.0 Å². The third kappa shape index (κ3) is 3.66. The van der Waals surface area contributed by atoms with E-state index in [-0.39, 0.29) is 11.8 Å². The minimum absolute atomic E-state index is 0.0138. The Balaban J connectivity index is 2.74. The first-order valence-electron chi connectivity index (χ1n) is 5.61. The number of carbonyl (C=O) groups is 1. The lowest BCUT2D eigenvalue weighted by atomic mass is 10.1. The Kier molecular flexibility index (Phi) is 4.99. The van der Waals surface area contributed by atoms with Crippen molar-refractivity contribution in [3.8, 4) is 0 Å². The van der Waals surface area contributed by atoms with E-state index in [9.17, 15) is 4.79 Å². The maximum absolute atomic E-state index is 11.6. The average molecular weight is 221 g/mol. The number of ether oxygens (including phenoxy) is 1. The summed E-state index contributed by atoms with van der Waals surface area (Å²) in [5.41, 5.74) is 1.85. The van der Waals surface area contributed by atoms with Crippen molar-refractivity contribution in [2.75, 3.05) is 11.9 Å². The Hall–Kier alpha value is -1.35. The third-order valence-electron chi connectivity index (χ3n) is 2.26. The van der Waals surface area contributed by atoms with E-state index in [4.69, 9.17) is 4.74 Å². The number of amides is 1. The summed E-state index contributed by atoms with van der Waals surface area (Å²) in [4.78, 5) is 11.6. The minimum Gasteiger partial charge on any atom is -0.377 e. The summed E-state index contributed by atoms with van der Waals surface area (Å²) >= 11 is 0. The molecule has 1 rings (SSSR count). The first kappa shape index (κ1) is 12.7. The molecule has 0 aliphatic rings. The van der Waals surface area contributed by atoms with Crippen molar-refractivity contribution < 1.29 is 9.53 Å². The maximum Gasteiger partial charge on any atom is 0.226 e. The van der Waals surface area contributed by atoms with Gasteiger partial charge in [0.25, 0.3) is 0 Å². The summed E-state index contributed by atoms with van der Waals surface area (Å²) in [6.07, 6.45) is 0. The van der Waals surface area contributed by atoms with Crippen molar-refractivity contribution in [2.45, 2.75) is 27.4 Å². The van der Waals surface area contributed by atoms with E-state index in [0.717, 1.165) is 11.3 Å². The van der Waals surface area contributed by atoms with Crippen LogP contribution in [-0.2, 0) is 16.1 Å². The van der Waals surface area contributed by atoms with E-state index in [1.807, 2.05) is 45.0 Å². The summed E-state index contributed by atoms with van der Waals surface area (Å²) in [7, 11) is 0. The molecule has 3 nitrogen and oxygen atoms in total. The van der Waals surface area contributed by atoms with E-state index >= 15 is 0 Å². The van der Waals surface area contributed by atoms with Crippen LogP contribution in [0.2, 0.25) is 0 Å². The second-order valence-electron chi connectivity index (χ2n) is 3.94. The second kappa shape index (κ2) is 6.28. The molecule has 88 valence electrons. The van der Waals surface area contributed by atoms with Crippen molar-refractivity contribution in [1.82, 2.24) is 0 Å². The molecule has 1 N–H and O–H groups in total. The number of hydrogen-bond acceptors (Lipinski definition) is 2. The molecule has 0 unspecified atom stereocenters. The van der Waals surface area contributed by atoms with Crippen LogP contribution in [0.5, 0.6) is 0 Å². The van der Waals surface area contributed by atoms with Gasteiger partial charge in [0, 0.05) is 23.8 Å². The van der Waals surface area contributed by atoms with Crippen LogP contribution in [0, 0.1) is 5.92 Å². The summed E-state index contributed by atoms with van der Waals surface area (Å²) in [6.45, 7) is 6.91. The van der Waals surface area contributed by atoms with Crippen LogP contribution < -0.4 is 5.32 Å². The normalized spacial score (nSPS) is 10.5. The van der Waals surface area contributed by atoms with Gasteiger partial charge in [0.2, 0.25) is 5.91 Å². The molecule has 0 saturated heterocycles. The van der Waals surface area contributed by atoms with Crippen LogP contribution in [0.1, 0.15) is 26.3 Å². The molecule has 0 aliphatic heterocycles. The molecule has 3 heteroatoms. The molecule has 1 amide bonds. The average Bonchev–Trinajstić information content (AvgIpc) is 2.27. The molecular weight excluding hydrogens is 202 g/mol. The highest BCUT2D eigenvalue weighted by Crippen LogP contribution is 2.16. The number of benzene rings is 1. The van der Waals surface area contributed by atoms with Crippen LogP contribution in [0.15, 0.2) is 24.3 Å². The van der Waals surface area contributed by atoms with Gasteiger partial charge in [-0.15, -0.1) is 0 Å². The predicted molar refractivity (Wildman–Crippen MR) is 65.2 cm³/mol. The topological polar surface area (TPSA) is 38.3 Å². The molecule has 16 heavy (non-hydrogen) atoms. The van der Waals surface area contributed by atoms with Gasteiger partial charge in [0.05, 0.1) is 6.61 Å². The van der Waals surface area contributed by atoms with Crippen LogP contribution in [-0.4, -0.2) is 12.5 Å². The second-order valence-corrected chi connectivity index (χ2v) is 3.94.